The lowest BCUT2D eigenvalue weighted by Gasteiger charge is -2.30. The highest BCUT2D eigenvalue weighted by atomic mass is 29.9. The highest BCUT2D eigenvalue weighted by Crippen LogP contribution is 2.21. The fourth-order valence-corrected chi connectivity index (χ4v) is 69.2. The average Bonchev–Trinajstić information content (AvgIpc) is 2.14. The summed E-state index contributed by atoms with van der Waals surface area (Å²) < 4.78 is 0. The van der Waals surface area contributed by atoms with Crippen molar-refractivity contribution < 1.29 is 0 Å². The molecule has 0 saturated carbocycles. The van der Waals surface area contributed by atoms with Gasteiger partial charge in [-0.2, -0.15) is 0 Å². The van der Waals surface area contributed by atoms with Crippen LogP contribution in [0.2, 0.25) is 36.5 Å². The van der Waals surface area contributed by atoms with Gasteiger partial charge in [-0.1, -0.05) is 36.5 Å². The molecule has 3 unspecified atom stereocenters. The highest BCUT2D eigenvalue weighted by molar-refractivity contribution is 7.73. The van der Waals surface area contributed by atoms with E-state index in [-0.39, 0.29) is 14.9 Å². The molecule has 1 saturated heterocycles. The first-order chi connectivity index (χ1) is 5.58. The zero-order chi connectivity index (χ0) is 9.19. The molecule has 0 aromatic rings. The third-order valence-corrected chi connectivity index (χ3v) is 64.8. The largest absolute Gasteiger partial charge is 0.0770 e. The van der Waals surface area contributed by atoms with Crippen LogP contribution in [0.5, 0.6) is 0 Å². The molecule has 12 heavy (non-hydrogen) atoms. The van der Waals surface area contributed by atoms with Crippen LogP contribution in [0.3, 0.4) is 0 Å². The lowest BCUT2D eigenvalue weighted by atomic mass is 10.9. The van der Waals surface area contributed by atoms with Gasteiger partial charge in [0.25, 0.3) is 0 Å². The molecule has 0 spiro atoms. The van der Waals surface area contributed by atoms with E-state index in [4.69, 9.17) is 0 Å². The summed E-state index contributed by atoms with van der Waals surface area (Å²) in [7, 11) is 3.02. The predicted molar refractivity (Wildman–Crippen MR) is 79.4 cm³/mol. The standard InChI is InChI=1S/C6H24Si6/c1-8-12(3)10-5-9-6(7)4-11(12)2/h6,11H,4-5,8-10H2,1-3,7H3. The van der Waals surface area contributed by atoms with Crippen LogP contribution < -0.4 is 0 Å². The van der Waals surface area contributed by atoms with Gasteiger partial charge in [0, 0.05) is 52.8 Å². The molecule has 1 heterocycles. The van der Waals surface area contributed by atoms with Crippen molar-refractivity contribution in [1.82, 2.24) is 0 Å². The van der Waals surface area contributed by atoms with Crippen LogP contribution in [-0.4, -0.2) is 52.8 Å². The van der Waals surface area contributed by atoms with Crippen molar-refractivity contribution in [2.45, 2.75) is 36.5 Å². The van der Waals surface area contributed by atoms with Crippen molar-refractivity contribution in [3.05, 3.63) is 0 Å². The van der Waals surface area contributed by atoms with E-state index in [1.807, 2.05) is 11.7 Å². The molecule has 72 valence electrons. The Labute approximate surface area is 89.2 Å². The molecular formula is C6H24Si6. The Kier molecular flexibility index (Phi) is 4.45. The predicted octanol–water partition coefficient (Wildman–Crippen LogP) is -1.95. The van der Waals surface area contributed by atoms with E-state index in [0.717, 1.165) is 0 Å². The number of hydrogen-bond acceptors (Lipinski definition) is 0. The zero-order valence-corrected chi connectivity index (χ0v) is 17.6. The monoisotopic (exact) mass is 264 g/mol. The molecule has 0 aromatic carbocycles. The van der Waals surface area contributed by atoms with E-state index in [1.165, 1.54) is 5.16 Å². The van der Waals surface area contributed by atoms with Gasteiger partial charge in [-0.15, -0.1) is 0 Å². The van der Waals surface area contributed by atoms with Gasteiger partial charge in [-0.25, -0.2) is 0 Å². The second-order valence-corrected chi connectivity index (χ2v) is 48.3. The van der Waals surface area contributed by atoms with Crippen LogP contribution in [0.25, 0.3) is 0 Å². The molecule has 0 N–H and O–H groups in total. The van der Waals surface area contributed by atoms with E-state index in [9.17, 15) is 0 Å². The Morgan fingerprint density at radius 2 is 2.33 bits per heavy atom. The van der Waals surface area contributed by atoms with Crippen LogP contribution in [0.4, 0.5) is 0 Å². The van der Waals surface area contributed by atoms with Crippen LogP contribution in [-0.2, 0) is 0 Å². The van der Waals surface area contributed by atoms with Crippen molar-refractivity contribution in [3.8, 4) is 0 Å². The molecule has 1 aliphatic heterocycles. The highest BCUT2D eigenvalue weighted by Gasteiger charge is 2.35. The molecule has 1 fully saturated rings. The Morgan fingerprint density at radius 3 is 2.92 bits per heavy atom. The first kappa shape index (κ1) is 11.4. The van der Waals surface area contributed by atoms with Gasteiger partial charge in [-0.3, -0.25) is 0 Å². The lowest BCUT2D eigenvalue weighted by molar-refractivity contribution is 1.30. The molecule has 0 nitrogen and oxygen atoms in total. The number of hydrogen-bond donors (Lipinski definition) is 0. The van der Waals surface area contributed by atoms with Gasteiger partial charge in [-0.05, 0) is 0 Å². The summed E-state index contributed by atoms with van der Waals surface area (Å²) >= 11 is 0. The quantitative estimate of drug-likeness (QED) is 0.483. The maximum absolute atomic E-state index is 2.84. The van der Waals surface area contributed by atoms with Crippen molar-refractivity contribution in [1.29, 1.82) is 0 Å². The second kappa shape index (κ2) is 4.69. The summed E-state index contributed by atoms with van der Waals surface area (Å²) in [6.45, 7) is 7.93. The average molecular weight is 265 g/mol. The minimum Gasteiger partial charge on any atom is -0.0770 e. The van der Waals surface area contributed by atoms with Gasteiger partial charge in [0.15, 0.2) is 0 Å². The molecule has 0 aliphatic carbocycles. The first-order valence-electron chi connectivity index (χ1n) is 5.58. The summed E-state index contributed by atoms with van der Waals surface area (Å²) in [5, 5.41) is 1.40. The van der Waals surface area contributed by atoms with Gasteiger partial charge in [0.05, 0.1) is 0 Å². The van der Waals surface area contributed by atoms with Gasteiger partial charge in [0.1, 0.15) is 0 Å². The molecule has 6 heteroatoms. The van der Waals surface area contributed by atoms with Gasteiger partial charge >= 0.3 is 0 Å². The maximum atomic E-state index is 2.84. The minimum atomic E-state index is -0.332. The summed E-state index contributed by atoms with van der Waals surface area (Å²) in [6, 6.07) is 1.84. The normalized spacial score (nSPS) is 49.2. The first-order valence-corrected chi connectivity index (χ1v) is 21.9. The molecule has 1 aliphatic rings. The molecule has 0 bridgehead atoms. The second-order valence-electron chi connectivity index (χ2n) is 5.14. The van der Waals surface area contributed by atoms with Gasteiger partial charge < -0.3 is 0 Å². The van der Waals surface area contributed by atoms with E-state index in [1.54, 1.807) is 10.2 Å². The lowest BCUT2D eigenvalue weighted by Crippen LogP contribution is -2.56. The summed E-state index contributed by atoms with van der Waals surface area (Å²) in [5.41, 5.74) is 1.90. The molecular weight excluding hydrogens is 241 g/mol. The van der Waals surface area contributed by atoms with Crippen molar-refractivity contribution >= 4 is 52.8 Å². The topological polar surface area (TPSA) is 0 Å². The SMILES string of the molecule is C[SiH2][Si]1(C)[SiH2]C[SiH2]C([SiH3])C[SiH]1C. The Hall–Kier alpha value is 1.30. The number of rotatable bonds is 1. The van der Waals surface area contributed by atoms with Crippen LogP contribution >= 0.6 is 0 Å². The zero-order valence-electron chi connectivity index (χ0n) is 9.19. The molecule has 1 rings (SSSR count). The van der Waals surface area contributed by atoms with Gasteiger partial charge in [0.2, 0.25) is 0 Å². The third kappa shape index (κ3) is 2.64. The maximum Gasteiger partial charge on any atom is 0.0218 e. The molecule has 3 atom stereocenters. The van der Waals surface area contributed by atoms with E-state index < -0.39 is 0 Å². The van der Waals surface area contributed by atoms with Crippen molar-refractivity contribution in [2.24, 2.45) is 0 Å². The van der Waals surface area contributed by atoms with E-state index in [2.05, 4.69) is 19.6 Å². The van der Waals surface area contributed by atoms with Crippen LogP contribution in [0.1, 0.15) is 0 Å². The fraction of sp³-hybridized carbons (Fsp3) is 1.00. The fourth-order valence-electron chi connectivity index (χ4n) is 2.63. The Bertz CT molecular complexity index is 151. The van der Waals surface area contributed by atoms with Crippen LogP contribution in [0, 0.1) is 0 Å². The summed E-state index contributed by atoms with van der Waals surface area (Å²) in [4.78, 5) is 0. The summed E-state index contributed by atoms with van der Waals surface area (Å²) in [6.07, 6.45) is 0. The third-order valence-electron chi connectivity index (χ3n) is 4.20. The molecule has 0 radical (unpaired) electrons. The van der Waals surface area contributed by atoms with Crippen molar-refractivity contribution in [3.63, 3.8) is 0 Å². The molecule has 0 aromatic heterocycles. The van der Waals surface area contributed by atoms with E-state index in [0.29, 0.717) is 27.6 Å². The smallest absolute Gasteiger partial charge is 0.0218 e. The Balaban J connectivity index is 2.63. The van der Waals surface area contributed by atoms with Crippen molar-refractivity contribution in [2.75, 3.05) is 0 Å². The van der Waals surface area contributed by atoms with E-state index >= 15 is 0 Å². The minimum absolute atomic E-state index is 0.0957. The van der Waals surface area contributed by atoms with Crippen LogP contribution in [0.15, 0.2) is 0 Å². The summed E-state index contributed by atoms with van der Waals surface area (Å²) in [5.74, 6) is 0. The Morgan fingerprint density at radius 1 is 1.67 bits per heavy atom. The molecule has 0 amide bonds.